The molecule has 0 aliphatic carbocycles. The highest BCUT2D eigenvalue weighted by Crippen LogP contribution is 2.35. The van der Waals surface area contributed by atoms with Crippen LogP contribution in [-0.4, -0.2) is 50.2 Å². The van der Waals surface area contributed by atoms with E-state index in [1.807, 2.05) is 0 Å². The summed E-state index contributed by atoms with van der Waals surface area (Å²) in [5, 5.41) is 3.56. The summed E-state index contributed by atoms with van der Waals surface area (Å²) in [5.41, 5.74) is 3.10. The topological polar surface area (TPSA) is 15.3 Å². The van der Waals surface area contributed by atoms with Crippen molar-refractivity contribution in [2.45, 2.75) is 64.0 Å². The van der Waals surface area contributed by atoms with Crippen LogP contribution in [0.2, 0.25) is 0 Å². The maximum absolute atomic E-state index is 3.56. The maximum Gasteiger partial charge on any atom is 0.133 e. The summed E-state index contributed by atoms with van der Waals surface area (Å²) in [6.07, 6.45) is 11.1. The van der Waals surface area contributed by atoms with E-state index in [0.717, 1.165) is 12.6 Å². The van der Waals surface area contributed by atoms with Crippen LogP contribution in [-0.2, 0) is 6.54 Å². The number of nitrogens with one attached hydrogen (secondary N) is 1. The molecule has 4 rings (SSSR count). The van der Waals surface area contributed by atoms with Gasteiger partial charge in [0.2, 0.25) is 0 Å². The second-order valence-electron chi connectivity index (χ2n) is 8.53. The molecular weight excluding hydrogens is 306 g/mol. The smallest absolute Gasteiger partial charge is 0.133 e. The molecule has 0 atom stereocenters. The highest BCUT2D eigenvalue weighted by Gasteiger charge is 2.40. The molecule has 0 radical (unpaired) electrons. The molecule has 0 saturated carbocycles. The summed E-state index contributed by atoms with van der Waals surface area (Å²) < 4.78 is 1.27. The Morgan fingerprint density at radius 2 is 1.48 bits per heavy atom. The predicted octanol–water partition coefficient (Wildman–Crippen LogP) is 3.92. The Balaban J connectivity index is 1.50. The quantitative estimate of drug-likeness (QED) is 0.835. The molecule has 138 valence electrons. The molecule has 0 spiro atoms. The first-order valence-corrected chi connectivity index (χ1v) is 10.8. The number of likely N-dealkylation sites (tertiary alicyclic amines) is 2. The van der Waals surface area contributed by atoms with Crippen LogP contribution in [0.4, 0.5) is 5.69 Å². The highest BCUT2D eigenvalue weighted by molar-refractivity contribution is 5.46. The van der Waals surface area contributed by atoms with E-state index < -0.39 is 0 Å². The standard InChI is InChI=1S/C22H36N3/c1-3-15-24(16-4-1)19-20-7-9-21(10-8-20)25(17-5-2-6-18-25)22-11-13-23-14-12-22/h7-10,22-23H,1-6,11-19H2/q+1. The minimum Gasteiger partial charge on any atom is -0.316 e. The Bertz CT molecular complexity index is 521. The zero-order chi connectivity index (χ0) is 17.0. The molecule has 3 heterocycles. The molecule has 1 aromatic carbocycles. The summed E-state index contributed by atoms with van der Waals surface area (Å²) in [6, 6.07) is 10.6. The Morgan fingerprint density at radius 1 is 0.840 bits per heavy atom. The molecule has 0 bridgehead atoms. The predicted molar refractivity (Wildman–Crippen MR) is 107 cm³/mol. The molecule has 3 fully saturated rings. The van der Waals surface area contributed by atoms with E-state index in [1.54, 1.807) is 5.69 Å². The highest BCUT2D eigenvalue weighted by atomic mass is 15.4. The largest absolute Gasteiger partial charge is 0.316 e. The van der Waals surface area contributed by atoms with Crippen molar-refractivity contribution in [1.29, 1.82) is 0 Å². The van der Waals surface area contributed by atoms with Crippen LogP contribution >= 0.6 is 0 Å². The van der Waals surface area contributed by atoms with Crippen molar-refractivity contribution in [2.24, 2.45) is 0 Å². The van der Waals surface area contributed by atoms with E-state index in [4.69, 9.17) is 0 Å². The molecule has 3 saturated heterocycles. The summed E-state index contributed by atoms with van der Waals surface area (Å²) in [4.78, 5) is 2.64. The number of rotatable bonds is 4. The van der Waals surface area contributed by atoms with Gasteiger partial charge in [-0.2, -0.15) is 0 Å². The molecule has 0 amide bonds. The molecule has 1 aromatic rings. The first kappa shape index (κ1) is 17.5. The number of benzene rings is 1. The zero-order valence-electron chi connectivity index (χ0n) is 15.9. The van der Waals surface area contributed by atoms with Crippen LogP contribution in [0.5, 0.6) is 0 Å². The molecule has 0 unspecified atom stereocenters. The van der Waals surface area contributed by atoms with Gasteiger partial charge in [0.25, 0.3) is 0 Å². The summed E-state index contributed by atoms with van der Waals surface area (Å²) in [5.74, 6) is 0. The minimum absolute atomic E-state index is 0.828. The van der Waals surface area contributed by atoms with Crippen molar-refractivity contribution in [3.05, 3.63) is 29.8 Å². The first-order valence-electron chi connectivity index (χ1n) is 10.8. The SMILES string of the molecule is c1cc([N+]2(C3CCNCC3)CCCCC2)ccc1CN1CCCCC1. The van der Waals surface area contributed by atoms with E-state index in [-0.39, 0.29) is 0 Å². The lowest BCUT2D eigenvalue weighted by atomic mass is 9.94. The van der Waals surface area contributed by atoms with Gasteiger partial charge in [0.05, 0.1) is 19.1 Å². The van der Waals surface area contributed by atoms with Crippen molar-refractivity contribution in [3.63, 3.8) is 0 Å². The van der Waals surface area contributed by atoms with Gasteiger partial charge in [-0.15, -0.1) is 0 Å². The number of hydrogen-bond donors (Lipinski definition) is 1. The average Bonchev–Trinajstić information content (AvgIpc) is 2.70. The molecule has 1 N–H and O–H groups in total. The Kier molecular flexibility index (Phi) is 5.74. The lowest BCUT2D eigenvalue weighted by Crippen LogP contribution is -2.62. The van der Waals surface area contributed by atoms with Crippen LogP contribution in [0.3, 0.4) is 0 Å². The third kappa shape index (κ3) is 3.94. The van der Waals surface area contributed by atoms with Crippen LogP contribution in [0.25, 0.3) is 0 Å². The van der Waals surface area contributed by atoms with Gasteiger partial charge >= 0.3 is 0 Å². The molecule has 3 aliphatic heterocycles. The molecule has 25 heavy (non-hydrogen) atoms. The Morgan fingerprint density at radius 3 is 2.16 bits per heavy atom. The summed E-state index contributed by atoms with van der Waals surface area (Å²) >= 11 is 0. The first-order chi connectivity index (χ1) is 12.4. The fraction of sp³-hybridized carbons (Fsp3) is 0.727. The fourth-order valence-electron chi connectivity index (χ4n) is 5.49. The van der Waals surface area contributed by atoms with Crippen LogP contribution in [0.1, 0.15) is 56.9 Å². The fourth-order valence-corrected chi connectivity index (χ4v) is 5.49. The van der Waals surface area contributed by atoms with Gasteiger partial charge in [-0.1, -0.05) is 18.6 Å². The number of hydrogen-bond acceptors (Lipinski definition) is 2. The molecule has 0 aromatic heterocycles. The van der Waals surface area contributed by atoms with Gasteiger partial charge in [0.1, 0.15) is 5.69 Å². The number of piperidine rings is 3. The second kappa shape index (κ2) is 8.20. The van der Waals surface area contributed by atoms with Crippen molar-refractivity contribution in [2.75, 3.05) is 39.3 Å². The van der Waals surface area contributed by atoms with E-state index in [0.29, 0.717) is 0 Å². The van der Waals surface area contributed by atoms with Crippen molar-refractivity contribution >= 4 is 5.69 Å². The lowest BCUT2D eigenvalue weighted by Gasteiger charge is -2.48. The minimum atomic E-state index is 0.828. The van der Waals surface area contributed by atoms with Crippen LogP contribution in [0.15, 0.2) is 24.3 Å². The molecule has 3 nitrogen and oxygen atoms in total. The van der Waals surface area contributed by atoms with Gasteiger partial charge in [0.15, 0.2) is 0 Å². The molecule has 3 heteroatoms. The van der Waals surface area contributed by atoms with Gasteiger partial charge < -0.3 is 5.32 Å². The van der Waals surface area contributed by atoms with Crippen LogP contribution < -0.4 is 9.80 Å². The van der Waals surface area contributed by atoms with Gasteiger partial charge in [0, 0.05) is 32.5 Å². The van der Waals surface area contributed by atoms with Crippen molar-refractivity contribution in [3.8, 4) is 0 Å². The Hall–Kier alpha value is -0.900. The average molecular weight is 343 g/mol. The normalized spacial score (nSPS) is 25.8. The van der Waals surface area contributed by atoms with Gasteiger partial charge in [-0.05, 0) is 62.9 Å². The Labute approximate surface area is 154 Å². The van der Waals surface area contributed by atoms with Gasteiger partial charge in [-0.25, -0.2) is 0 Å². The van der Waals surface area contributed by atoms with Crippen LogP contribution in [0, 0.1) is 0 Å². The third-order valence-corrected chi connectivity index (χ3v) is 6.93. The molecular formula is C22H36N3+. The monoisotopic (exact) mass is 342 g/mol. The van der Waals surface area contributed by atoms with E-state index in [2.05, 4.69) is 34.5 Å². The third-order valence-electron chi connectivity index (χ3n) is 6.93. The number of nitrogens with zero attached hydrogens (tertiary/aromatic N) is 2. The summed E-state index contributed by atoms with van der Waals surface area (Å²) in [7, 11) is 0. The van der Waals surface area contributed by atoms with Crippen molar-refractivity contribution in [1.82, 2.24) is 14.7 Å². The van der Waals surface area contributed by atoms with E-state index >= 15 is 0 Å². The molecule has 3 aliphatic rings. The second-order valence-corrected chi connectivity index (χ2v) is 8.53. The summed E-state index contributed by atoms with van der Waals surface area (Å²) in [6.45, 7) is 8.85. The van der Waals surface area contributed by atoms with E-state index in [9.17, 15) is 0 Å². The zero-order valence-corrected chi connectivity index (χ0v) is 15.9. The van der Waals surface area contributed by atoms with Crippen molar-refractivity contribution < 1.29 is 0 Å². The van der Waals surface area contributed by atoms with E-state index in [1.165, 1.54) is 101 Å². The number of quaternary nitrogens is 1. The van der Waals surface area contributed by atoms with Gasteiger partial charge in [-0.3, -0.25) is 9.38 Å². The maximum atomic E-state index is 3.56. The lowest BCUT2D eigenvalue weighted by molar-refractivity contribution is 0.139.